The van der Waals surface area contributed by atoms with Crippen molar-refractivity contribution in [2.45, 2.75) is 0 Å². The molecule has 0 radical (unpaired) electrons. The molecule has 0 aromatic carbocycles. The van der Waals surface area contributed by atoms with Crippen LogP contribution in [0.2, 0.25) is 0 Å². The summed E-state index contributed by atoms with van der Waals surface area (Å²) in [6.07, 6.45) is 0. The summed E-state index contributed by atoms with van der Waals surface area (Å²) >= 11 is 0. The van der Waals surface area contributed by atoms with Crippen molar-refractivity contribution in [1.82, 2.24) is 0 Å². The highest BCUT2D eigenvalue weighted by Crippen LogP contribution is 1.29. The predicted molar refractivity (Wildman–Crippen MR) is 37.0 cm³/mol. The van der Waals surface area contributed by atoms with Crippen molar-refractivity contribution < 1.29 is 21.7 Å². The van der Waals surface area contributed by atoms with Crippen LogP contribution >= 0.6 is 0 Å². The molecule has 0 spiro atoms. The minimum Gasteiger partial charge on any atom is -2.00 e. The van der Waals surface area contributed by atoms with E-state index >= 15 is 0 Å². The molecule has 0 unspecified atom stereocenters. The van der Waals surface area contributed by atoms with Gasteiger partial charge in [0, 0.05) is 0 Å². The number of hydrogen-bond donors (Lipinski definition) is 4. The van der Waals surface area contributed by atoms with Crippen LogP contribution in [0.5, 0.6) is 0 Å². The second-order valence-electron chi connectivity index (χ2n) is 1.15. The molecule has 0 saturated carbocycles. The lowest BCUT2D eigenvalue weighted by Crippen LogP contribution is -2.51. The molecule has 0 aliphatic rings. The van der Waals surface area contributed by atoms with Gasteiger partial charge in [0.1, 0.15) is 0 Å². The molecule has 0 bridgehead atoms. The van der Waals surface area contributed by atoms with Gasteiger partial charge in [-0.05, 0) is 0 Å². The third kappa shape index (κ3) is 65.4. The molecule has 0 aliphatic carbocycles. The normalized spacial score (nSPS) is 6.67. The van der Waals surface area contributed by atoms with E-state index < -0.39 is 0 Å². The summed E-state index contributed by atoms with van der Waals surface area (Å²) in [6, 6.07) is 0. The van der Waals surface area contributed by atoms with Crippen LogP contribution in [0.3, 0.4) is 0 Å². The van der Waals surface area contributed by atoms with Crippen molar-refractivity contribution in [2.75, 3.05) is 26.3 Å². The van der Waals surface area contributed by atoms with Crippen molar-refractivity contribution in [2.24, 2.45) is 0 Å². The fourth-order valence-corrected chi connectivity index (χ4v) is 0. The van der Waals surface area contributed by atoms with Gasteiger partial charge in [0.25, 0.3) is 0 Å². The molecule has 0 amide bonds. The average Bonchev–Trinajstić information content (AvgIpc) is 1.88. The highest BCUT2D eigenvalue weighted by Gasteiger charge is 1.61. The maximum absolute atomic E-state index is 7.81. The van der Waals surface area contributed by atoms with Gasteiger partial charge in [-0.15, -0.1) is 0 Å². The molecule has 9 heavy (non-hydrogen) atoms. The van der Waals surface area contributed by atoms with E-state index in [2.05, 4.69) is 11.5 Å². The zero-order valence-corrected chi connectivity index (χ0v) is 6.36. The molecule has 0 heterocycles. The fraction of sp³-hybridized carbons (Fsp3) is 1.00. The van der Waals surface area contributed by atoms with Crippen LogP contribution in [0.25, 0.3) is 0 Å². The topological polar surface area (TPSA) is 95.7 Å². The van der Waals surface area contributed by atoms with Gasteiger partial charge in [0.05, 0.1) is 26.3 Å². The summed E-state index contributed by atoms with van der Waals surface area (Å²) in [5.74, 6) is 0. The average molecular weight is 156 g/mol. The lowest BCUT2D eigenvalue weighted by Gasteiger charge is -2.00. The van der Waals surface area contributed by atoms with E-state index in [0.29, 0.717) is 13.1 Å². The first-order valence-electron chi connectivity index (χ1n) is 2.63. The Morgan fingerprint density at radius 1 is 0.889 bits per heavy atom. The van der Waals surface area contributed by atoms with E-state index in [1.165, 1.54) is 0 Å². The molecular formula is C4H16N2O2S. The summed E-state index contributed by atoms with van der Waals surface area (Å²) in [6.45, 7) is 1.67. The Morgan fingerprint density at radius 2 is 1.00 bits per heavy atom. The predicted octanol–water partition coefficient (Wildman–Crippen LogP) is -3.56. The number of aliphatic hydroxyl groups is 2. The molecule has 0 aromatic heterocycles. The van der Waals surface area contributed by atoms with Gasteiger partial charge in [-0.3, -0.25) is 0 Å². The Balaban J connectivity index is -0.0000000720. The van der Waals surface area contributed by atoms with Gasteiger partial charge < -0.3 is 35.2 Å². The smallest absolute Gasteiger partial charge is 0.0974 e. The lowest BCUT2D eigenvalue weighted by molar-refractivity contribution is -0.372. The van der Waals surface area contributed by atoms with E-state index in [0.717, 1.165) is 0 Å². The van der Waals surface area contributed by atoms with Crippen LogP contribution in [-0.4, -0.2) is 36.5 Å². The number of quaternary nitrogens is 2. The number of hydrogen-bond acceptors (Lipinski definition) is 2. The van der Waals surface area contributed by atoms with Gasteiger partial charge in [0.15, 0.2) is 0 Å². The van der Waals surface area contributed by atoms with E-state index in [1.807, 2.05) is 0 Å². The molecule has 60 valence electrons. The number of aliphatic hydroxyl groups excluding tert-OH is 2. The van der Waals surface area contributed by atoms with E-state index in [4.69, 9.17) is 10.2 Å². The standard InChI is InChI=1S/2C2H7NO.S/c2*3-1-2-4;/h2*4H,1-3H2;/q;;-2/p+2. The van der Waals surface area contributed by atoms with E-state index in [9.17, 15) is 0 Å². The van der Waals surface area contributed by atoms with Crippen LogP contribution in [0.15, 0.2) is 0 Å². The zero-order chi connectivity index (χ0) is 6.83. The fourth-order valence-electron chi connectivity index (χ4n) is 0. The zero-order valence-electron chi connectivity index (χ0n) is 5.55. The third-order valence-electron chi connectivity index (χ3n) is 0.316. The van der Waals surface area contributed by atoms with Crippen molar-refractivity contribution in [3.63, 3.8) is 0 Å². The van der Waals surface area contributed by atoms with Crippen molar-refractivity contribution in [1.29, 1.82) is 0 Å². The van der Waals surface area contributed by atoms with Gasteiger partial charge >= 0.3 is 0 Å². The van der Waals surface area contributed by atoms with E-state index in [1.54, 1.807) is 0 Å². The highest BCUT2D eigenvalue weighted by atomic mass is 32.1. The van der Waals surface area contributed by atoms with Crippen LogP contribution in [-0.2, 0) is 13.5 Å². The summed E-state index contributed by atoms with van der Waals surface area (Å²) in [4.78, 5) is 0. The van der Waals surface area contributed by atoms with Crippen LogP contribution in [0.1, 0.15) is 0 Å². The first-order valence-corrected chi connectivity index (χ1v) is 2.63. The Bertz CT molecular complexity index is 24.5. The van der Waals surface area contributed by atoms with Crippen molar-refractivity contribution in [3.8, 4) is 0 Å². The molecule has 0 rings (SSSR count). The quantitative estimate of drug-likeness (QED) is 0.333. The minimum absolute atomic E-state index is 0. The maximum atomic E-state index is 7.81. The van der Waals surface area contributed by atoms with Gasteiger partial charge in [-0.1, -0.05) is 0 Å². The molecule has 0 fully saturated rings. The Morgan fingerprint density at radius 3 is 1.00 bits per heavy atom. The molecular weight excluding hydrogens is 140 g/mol. The van der Waals surface area contributed by atoms with Gasteiger partial charge in [-0.2, -0.15) is 0 Å². The largest absolute Gasteiger partial charge is 2.00 e. The summed E-state index contributed by atoms with van der Waals surface area (Å²) < 4.78 is 0. The summed E-state index contributed by atoms with van der Waals surface area (Å²) in [5.41, 5.74) is 6.71. The molecule has 0 aromatic rings. The van der Waals surface area contributed by atoms with Crippen LogP contribution in [0, 0.1) is 0 Å². The van der Waals surface area contributed by atoms with Crippen molar-refractivity contribution >= 4 is 13.5 Å². The van der Waals surface area contributed by atoms with Gasteiger partial charge in [0.2, 0.25) is 0 Å². The third-order valence-corrected chi connectivity index (χ3v) is 0.316. The number of rotatable bonds is 2. The Labute approximate surface area is 62.3 Å². The summed E-state index contributed by atoms with van der Waals surface area (Å²) in [5, 5.41) is 15.6. The SMILES string of the molecule is [NH3+]CCO.[NH3+]CCO.[S-2]. The van der Waals surface area contributed by atoms with Crippen molar-refractivity contribution in [3.05, 3.63) is 0 Å². The van der Waals surface area contributed by atoms with Gasteiger partial charge in [-0.25, -0.2) is 0 Å². The molecule has 4 nitrogen and oxygen atoms in total. The second kappa shape index (κ2) is 24.1. The lowest BCUT2D eigenvalue weighted by atomic mass is 10.8. The minimum atomic E-state index is 0. The molecule has 0 aliphatic heterocycles. The molecule has 8 N–H and O–H groups in total. The highest BCUT2D eigenvalue weighted by molar-refractivity contribution is 7.37. The first kappa shape index (κ1) is 16.1. The van der Waals surface area contributed by atoms with Crippen LogP contribution in [0.4, 0.5) is 0 Å². The first-order chi connectivity index (χ1) is 3.83. The molecule has 5 heteroatoms. The van der Waals surface area contributed by atoms with E-state index in [-0.39, 0.29) is 26.7 Å². The Hall–Kier alpha value is 0.190. The summed E-state index contributed by atoms with van der Waals surface area (Å²) in [7, 11) is 0. The van der Waals surface area contributed by atoms with Crippen LogP contribution < -0.4 is 11.5 Å². The molecule has 0 saturated heterocycles. The Kier molecular flexibility index (Phi) is 43.1. The molecule has 0 atom stereocenters. The maximum Gasteiger partial charge on any atom is 0.0974 e. The monoisotopic (exact) mass is 156 g/mol. The second-order valence-corrected chi connectivity index (χ2v) is 1.15.